The van der Waals surface area contributed by atoms with E-state index in [0.29, 0.717) is 22.8 Å². The van der Waals surface area contributed by atoms with Crippen LogP contribution in [0.3, 0.4) is 0 Å². The van der Waals surface area contributed by atoms with E-state index in [0.717, 1.165) is 21.8 Å². The Kier molecular flexibility index (Phi) is 6.25. The minimum absolute atomic E-state index is 0.0589. The first-order valence-electron chi connectivity index (χ1n) is 8.88. The SMILES string of the molecule is O=C(CCn1c(-c2cccs2)n[nH]c1=S)NC(c1ccc(Cl)cc1)c1ccsc1. The Labute approximate surface area is 186 Å². The molecule has 0 spiro atoms. The summed E-state index contributed by atoms with van der Waals surface area (Å²) in [4.78, 5) is 13.8. The number of nitrogens with one attached hydrogen (secondary N) is 2. The summed E-state index contributed by atoms with van der Waals surface area (Å²) in [5.74, 6) is 0.696. The zero-order valence-electron chi connectivity index (χ0n) is 15.2. The van der Waals surface area contributed by atoms with Crippen molar-refractivity contribution in [2.45, 2.75) is 19.0 Å². The molecule has 0 saturated heterocycles. The van der Waals surface area contributed by atoms with Gasteiger partial charge in [-0.15, -0.1) is 11.3 Å². The fourth-order valence-corrected chi connectivity index (χ4v) is 4.78. The Balaban J connectivity index is 1.49. The largest absolute Gasteiger partial charge is 0.345 e. The van der Waals surface area contributed by atoms with E-state index in [1.165, 1.54) is 0 Å². The number of carbonyl (C=O) groups excluding carboxylic acids is 1. The van der Waals surface area contributed by atoms with Gasteiger partial charge in [0.2, 0.25) is 5.91 Å². The van der Waals surface area contributed by atoms with E-state index in [-0.39, 0.29) is 11.9 Å². The molecule has 4 rings (SSSR count). The van der Waals surface area contributed by atoms with Crippen LogP contribution >= 0.6 is 46.5 Å². The molecule has 1 amide bonds. The first-order valence-corrected chi connectivity index (χ1v) is 11.5. The molecule has 148 valence electrons. The third-order valence-electron chi connectivity index (χ3n) is 4.45. The maximum atomic E-state index is 12.8. The third kappa shape index (κ3) is 4.67. The van der Waals surface area contributed by atoms with Gasteiger partial charge in [0.1, 0.15) is 0 Å². The van der Waals surface area contributed by atoms with Crippen molar-refractivity contribution in [3.8, 4) is 10.7 Å². The molecule has 0 aliphatic heterocycles. The summed E-state index contributed by atoms with van der Waals surface area (Å²) in [6.45, 7) is 0.450. The molecule has 3 aromatic heterocycles. The molecule has 5 nitrogen and oxygen atoms in total. The van der Waals surface area contributed by atoms with Crippen LogP contribution in [-0.2, 0) is 11.3 Å². The topological polar surface area (TPSA) is 62.7 Å². The maximum absolute atomic E-state index is 12.8. The van der Waals surface area contributed by atoms with Crippen molar-refractivity contribution in [1.29, 1.82) is 0 Å². The molecule has 0 aliphatic rings. The summed E-state index contributed by atoms with van der Waals surface area (Å²) in [6, 6.07) is 13.3. The van der Waals surface area contributed by atoms with Crippen LogP contribution in [0.4, 0.5) is 0 Å². The number of thiophene rings is 2. The molecule has 9 heteroatoms. The Bertz CT molecular complexity index is 1130. The zero-order valence-corrected chi connectivity index (χ0v) is 18.4. The smallest absolute Gasteiger partial charge is 0.222 e. The first-order chi connectivity index (χ1) is 14.1. The number of aromatic nitrogens is 3. The number of halogens is 1. The second-order valence-electron chi connectivity index (χ2n) is 6.34. The van der Waals surface area contributed by atoms with Crippen molar-refractivity contribution in [2.75, 3.05) is 0 Å². The Morgan fingerprint density at radius 3 is 2.72 bits per heavy atom. The third-order valence-corrected chi connectivity index (χ3v) is 6.58. The number of aromatic amines is 1. The number of rotatable bonds is 7. The Morgan fingerprint density at radius 1 is 1.21 bits per heavy atom. The van der Waals surface area contributed by atoms with E-state index in [2.05, 4.69) is 15.5 Å². The lowest BCUT2D eigenvalue weighted by Crippen LogP contribution is -2.29. The van der Waals surface area contributed by atoms with Crippen LogP contribution in [0.25, 0.3) is 10.7 Å². The fraction of sp³-hybridized carbons (Fsp3) is 0.150. The number of benzene rings is 1. The molecule has 2 N–H and O–H groups in total. The lowest BCUT2D eigenvalue weighted by molar-refractivity contribution is -0.121. The number of amides is 1. The van der Waals surface area contributed by atoms with E-state index in [1.54, 1.807) is 22.7 Å². The van der Waals surface area contributed by atoms with E-state index >= 15 is 0 Å². The van der Waals surface area contributed by atoms with Gasteiger partial charge in [-0.2, -0.15) is 16.4 Å². The molecule has 1 aromatic carbocycles. The van der Waals surface area contributed by atoms with Crippen molar-refractivity contribution in [3.63, 3.8) is 0 Å². The van der Waals surface area contributed by atoms with Crippen molar-refractivity contribution in [2.24, 2.45) is 0 Å². The minimum Gasteiger partial charge on any atom is -0.345 e. The quantitative estimate of drug-likeness (QED) is 0.349. The normalized spacial score (nSPS) is 12.0. The fourth-order valence-electron chi connectivity index (χ4n) is 3.02. The molecule has 29 heavy (non-hydrogen) atoms. The average Bonchev–Trinajstić information content (AvgIpc) is 3.47. The molecular weight excluding hydrogens is 444 g/mol. The molecule has 1 atom stereocenters. The molecule has 0 fully saturated rings. The van der Waals surface area contributed by atoms with Gasteiger partial charge in [-0.1, -0.05) is 29.8 Å². The Morgan fingerprint density at radius 2 is 2.03 bits per heavy atom. The summed E-state index contributed by atoms with van der Waals surface area (Å²) < 4.78 is 2.37. The maximum Gasteiger partial charge on any atom is 0.222 e. The van der Waals surface area contributed by atoms with Crippen LogP contribution in [0.15, 0.2) is 58.6 Å². The molecule has 3 heterocycles. The summed E-state index contributed by atoms with van der Waals surface area (Å²) in [5.41, 5.74) is 2.03. The second kappa shape index (κ2) is 9.04. The van der Waals surface area contributed by atoms with Gasteiger partial charge in [0.05, 0.1) is 10.9 Å². The highest BCUT2D eigenvalue weighted by Gasteiger charge is 2.18. The van der Waals surface area contributed by atoms with E-state index in [9.17, 15) is 4.79 Å². The molecule has 0 radical (unpaired) electrons. The standard InChI is InChI=1S/C20H17ClN4OS3/c21-15-5-3-13(4-6-15)18(14-8-11-28-12-14)22-17(26)7-9-25-19(23-24-20(25)27)16-2-1-10-29-16/h1-6,8,10-12,18H,7,9H2,(H,22,26)(H,24,27). The van der Waals surface area contributed by atoms with Crippen molar-refractivity contribution in [3.05, 3.63) is 79.5 Å². The van der Waals surface area contributed by atoms with Gasteiger partial charge in [0.15, 0.2) is 10.6 Å². The molecular formula is C20H17ClN4OS3. The van der Waals surface area contributed by atoms with E-state index in [4.69, 9.17) is 23.8 Å². The highest BCUT2D eigenvalue weighted by atomic mass is 35.5. The van der Waals surface area contributed by atoms with Gasteiger partial charge >= 0.3 is 0 Å². The number of carbonyl (C=O) groups is 1. The predicted octanol–water partition coefficient (Wildman–Crippen LogP) is 5.68. The summed E-state index contributed by atoms with van der Waals surface area (Å²) in [6.07, 6.45) is 0.292. The van der Waals surface area contributed by atoms with Gasteiger partial charge < -0.3 is 5.32 Å². The summed E-state index contributed by atoms with van der Waals surface area (Å²) >= 11 is 14.6. The Hall–Kier alpha value is -2.26. The second-order valence-corrected chi connectivity index (χ2v) is 8.89. The van der Waals surface area contributed by atoms with Crippen LogP contribution in [0.2, 0.25) is 5.02 Å². The van der Waals surface area contributed by atoms with Crippen LogP contribution < -0.4 is 5.32 Å². The number of H-pyrrole nitrogens is 1. The van der Waals surface area contributed by atoms with Gasteiger partial charge in [0, 0.05) is 18.0 Å². The van der Waals surface area contributed by atoms with Crippen molar-refractivity contribution < 1.29 is 4.79 Å². The molecule has 0 saturated carbocycles. The van der Waals surface area contributed by atoms with Crippen LogP contribution in [0.1, 0.15) is 23.6 Å². The first kappa shape index (κ1) is 20.0. The van der Waals surface area contributed by atoms with E-state index < -0.39 is 0 Å². The van der Waals surface area contributed by atoms with Gasteiger partial charge in [-0.05, 0) is 63.8 Å². The average molecular weight is 461 g/mol. The molecule has 1 unspecified atom stereocenters. The summed E-state index contributed by atoms with van der Waals surface area (Å²) in [7, 11) is 0. The van der Waals surface area contributed by atoms with Crippen molar-refractivity contribution >= 4 is 52.4 Å². The lowest BCUT2D eigenvalue weighted by Gasteiger charge is -2.19. The molecule has 0 aliphatic carbocycles. The number of hydrogen-bond acceptors (Lipinski definition) is 5. The van der Waals surface area contributed by atoms with Gasteiger partial charge in [0.25, 0.3) is 0 Å². The van der Waals surface area contributed by atoms with Crippen molar-refractivity contribution in [1.82, 2.24) is 20.1 Å². The molecule has 0 bridgehead atoms. The number of hydrogen-bond donors (Lipinski definition) is 2. The summed E-state index contributed by atoms with van der Waals surface area (Å²) in [5, 5.41) is 17.0. The van der Waals surface area contributed by atoms with E-state index in [1.807, 2.05) is 63.2 Å². The van der Waals surface area contributed by atoms with Crippen LogP contribution in [-0.4, -0.2) is 20.7 Å². The van der Waals surface area contributed by atoms with Crippen LogP contribution in [0.5, 0.6) is 0 Å². The van der Waals surface area contributed by atoms with Crippen LogP contribution in [0, 0.1) is 4.77 Å². The highest BCUT2D eigenvalue weighted by molar-refractivity contribution is 7.71. The number of nitrogens with zero attached hydrogens (tertiary/aromatic N) is 2. The minimum atomic E-state index is -0.222. The highest BCUT2D eigenvalue weighted by Crippen LogP contribution is 2.26. The zero-order chi connectivity index (χ0) is 20.2. The van der Waals surface area contributed by atoms with Gasteiger partial charge in [-0.25, -0.2) is 0 Å². The lowest BCUT2D eigenvalue weighted by atomic mass is 10.0. The monoisotopic (exact) mass is 460 g/mol. The van der Waals surface area contributed by atoms with Gasteiger partial charge in [-0.3, -0.25) is 14.5 Å². The predicted molar refractivity (Wildman–Crippen MR) is 121 cm³/mol. The molecule has 4 aromatic rings.